The lowest BCUT2D eigenvalue weighted by Crippen LogP contribution is -2.40. The van der Waals surface area contributed by atoms with Crippen LogP contribution < -0.4 is 5.32 Å². The maximum Gasteiger partial charge on any atom is 0.216 e. The average molecular weight is 468 g/mol. The third kappa shape index (κ3) is 5.46. The van der Waals surface area contributed by atoms with Gasteiger partial charge in [-0.25, -0.2) is 9.98 Å². The van der Waals surface area contributed by atoms with E-state index in [1.54, 1.807) is 0 Å². The molecule has 3 rings (SSSR count). The molecule has 5 nitrogen and oxygen atoms in total. The number of halogens is 1. The first kappa shape index (κ1) is 20.7. The highest BCUT2D eigenvalue weighted by Gasteiger charge is 2.25. The zero-order chi connectivity index (χ0) is 17.6. The molecule has 0 radical (unpaired) electrons. The summed E-state index contributed by atoms with van der Waals surface area (Å²) in [6.45, 7) is 9.45. The van der Waals surface area contributed by atoms with E-state index in [0.717, 1.165) is 43.5 Å². The predicted molar refractivity (Wildman–Crippen MR) is 116 cm³/mol. The van der Waals surface area contributed by atoms with Crippen LogP contribution in [-0.4, -0.2) is 35.5 Å². The molecule has 142 valence electrons. The van der Waals surface area contributed by atoms with Crippen LogP contribution in [0.4, 0.5) is 0 Å². The van der Waals surface area contributed by atoms with Crippen molar-refractivity contribution in [2.24, 2.45) is 10.9 Å². The van der Waals surface area contributed by atoms with Crippen LogP contribution in [0.15, 0.2) is 39.7 Å². The molecule has 0 aliphatic carbocycles. The Bertz CT molecular complexity index is 694. The number of aromatic nitrogens is 1. The van der Waals surface area contributed by atoms with E-state index in [1.807, 2.05) is 13.8 Å². The first-order chi connectivity index (χ1) is 12.2. The Balaban J connectivity index is 0.00000243. The van der Waals surface area contributed by atoms with Crippen molar-refractivity contribution in [2.45, 2.75) is 40.2 Å². The highest BCUT2D eigenvalue weighted by molar-refractivity contribution is 14.0. The zero-order valence-electron chi connectivity index (χ0n) is 15.9. The van der Waals surface area contributed by atoms with Crippen molar-refractivity contribution >= 4 is 29.9 Å². The first-order valence-electron chi connectivity index (χ1n) is 9.15. The lowest BCUT2D eigenvalue weighted by Gasteiger charge is -2.21. The summed E-state index contributed by atoms with van der Waals surface area (Å²) in [4.78, 5) is 11.5. The van der Waals surface area contributed by atoms with E-state index < -0.39 is 0 Å². The number of benzene rings is 1. The smallest absolute Gasteiger partial charge is 0.216 e. The molecule has 6 heteroatoms. The molecule has 1 unspecified atom stereocenters. The minimum atomic E-state index is 0. The summed E-state index contributed by atoms with van der Waals surface area (Å²) in [5.41, 5.74) is 2.36. The summed E-state index contributed by atoms with van der Waals surface area (Å²) in [5, 5.41) is 3.41. The fourth-order valence-electron chi connectivity index (χ4n) is 3.31. The molecule has 1 saturated heterocycles. The summed E-state index contributed by atoms with van der Waals surface area (Å²) < 4.78 is 5.64. The van der Waals surface area contributed by atoms with Gasteiger partial charge in [0.25, 0.3) is 0 Å². The van der Waals surface area contributed by atoms with Crippen LogP contribution in [0, 0.1) is 19.8 Å². The SMILES string of the molecule is CCNC(=NCc1nc(C)c(C)o1)N1CCC(Cc2ccccc2)C1.I. The lowest BCUT2D eigenvalue weighted by molar-refractivity contribution is 0.450. The van der Waals surface area contributed by atoms with Gasteiger partial charge in [-0.1, -0.05) is 30.3 Å². The second-order valence-electron chi connectivity index (χ2n) is 6.71. The number of aliphatic imine (C=N–C) groups is 1. The van der Waals surface area contributed by atoms with Gasteiger partial charge in [-0.3, -0.25) is 0 Å². The predicted octanol–water partition coefficient (Wildman–Crippen LogP) is 3.94. The third-order valence-electron chi connectivity index (χ3n) is 4.72. The molecule has 1 aromatic carbocycles. The topological polar surface area (TPSA) is 53.7 Å². The Morgan fingerprint density at radius 1 is 1.31 bits per heavy atom. The van der Waals surface area contributed by atoms with E-state index in [4.69, 9.17) is 9.41 Å². The molecular formula is C20H29IN4O. The first-order valence-corrected chi connectivity index (χ1v) is 9.15. The van der Waals surface area contributed by atoms with Gasteiger partial charge in [0.2, 0.25) is 5.89 Å². The number of oxazole rings is 1. The summed E-state index contributed by atoms with van der Waals surface area (Å²) in [6.07, 6.45) is 2.34. The highest BCUT2D eigenvalue weighted by Crippen LogP contribution is 2.21. The zero-order valence-corrected chi connectivity index (χ0v) is 18.2. The van der Waals surface area contributed by atoms with Crippen molar-refractivity contribution in [3.8, 4) is 0 Å². The molecular weight excluding hydrogens is 439 g/mol. The molecule has 1 aliphatic rings. The largest absolute Gasteiger partial charge is 0.444 e. The van der Waals surface area contributed by atoms with Gasteiger partial charge in [0.1, 0.15) is 12.3 Å². The Kier molecular flexibility index (Phi) is 7.93. The second kappa shape index (κ2) is 9.94. The minimum absolute atomic E-state index is 0. The van der Waals surface area contributed by atoms with Crippen LogP contribution in [0.3, 0.4) is 0 Å². The fourth-order valence-corrected chi connectivity index (χ4v) is 3.31. The normalized spacial score (nSPS) is 17.3. The Labute approximate surface area is 173 Å². The molecule has 0 amide bonds. The number of aryl methyl sites for hydroxylation is 2. The molecule has 1 aliphatic heterocycles. The summed E-state index contributed by atoms with van der Waals surface area (Å²) >= 11 is 0. The monoisotopic (exact) mass is 468 g/mol. The fraction of sp³-hybridized carbons (Fsp3) is 0.500. The van der Waals surface area contributed by atoms with E-state index in [9.17, 15) is 0 Å². The van der Waals surface area contributed by atoms with E-state index in [2.05, 4.69) is 52.5 Å². The van der Waals surface area contributed by atoms with E-state index in [1.165, 1.54) is 12.0 Å². The minimum Gasteiger partial charge on any atom is -0.444 e. The molecule has 1 fully saturated rings. The maximum absolute atomic E-state index is 5.64. The van der Waals surface area contributed by atoms with Crippen LogP contribution in [0.1, 0.15) is 36.3 Å². The Morgan fingerprint density at radius 3 is 2.73 bits per heavy atom. The van der Waals surface area contributed by atoms with Crippen LogP contribution in [-0.2, 0) is 13.0 Å². The van der Waals surface area contributed by atoms with Gasteiger partial charge in [-0.05, 0) is 45.1 Å². The van der Waals surface area contributed by atoms with Crippen molar-refractivity contribution in [1.82, 2.24) is 15.2 Å². The number of hydrogen-bond acceptors (Lipinski definition) is 3. The average Bonchev–Trinajstić information content (AvgIpc) is 3.19. The summed E-state index contributed by atoms with van der Waals surface area (Å²) in [5.74, 6) is 3.20. The molecule has 2 aromatic rings. The highest BCUT2D eigenvalue weighted by atomic mass is 127. The number of likely N-dealkylation sites (tertiary alicyclic amines) is 1. The standard InChI is InChI=1S/C20H28N4O.HI/c1-4-21-20(22-13-19-23-15(2)16(3)25-19)24-11-10-18(14-24)12-17-8-6-5-7-9-17;/h5-9,18H,4,10-14H2,1-3H3,(H,21,22);1H. The van der Waals surface area contributed by atoms with Crippen LogP contribution in [0.5, 0.6) is 0 Å². The molecule has 1 N–H and O–H groups in total. The number of hydrogen-bond donors (Lipinski definition) is 1. The number of rotatable bonds is 5. The van der Waals surface area contributed by atoms with Crippen LogP contribution in [0.25, 0.3) is 0 Å². The van der Waals surface area contributed by atoms with Gasteiger partial charge in [0, 0.05) is 19.6 Å². The molecule has 0 bridgehead atoms. The van der Waals surface area contributed by atoms with E-state index in [-0.39, 0.29) is 24.0 Å². The van der Waals surface area contributed by atoms with Gasteiger partial charge in [0.05, 0.1) is 5.69 Å². The maximum atomic E-state index is 5.64. The van der Waals surface area contributed by atoms with Gasteiger partial charge in [-0.2, -0.15) is 0 Å². The van der Waals surface area contributed by atoms with E-state index in [0.29, 0.717) is 18.4 Å². The quantitative estimate of drug-likeness (QED) is 0.411. The Morgan fingerprint density at radius 2 is 2.08 bits per heavy atom. The number of guanidine groups is 1. The van der Waals surface area contributed by atoms with Gasteiger partial charge >= 0.3 is 0 Å². The number of nitrogens with zero attached hydrogens (tertiary/aromatic N) is 3. The third-order valence-corrected chi connectivity index (χ3v) is 4.72. The van der Waals surface area contributed by atoms with Gasteiger partial charge < -0.3 is 14.6 Å². The second-order valence-corrected chi connectivity index (χ2v) is 6.71. The summed E-state index contributed by atoms with van der Waals surface area (Å²) in [6, 6.07) is 10.7. The van der Waals surface area contributed by atoms with Crippen LogP contribution >= 0.6 is 24.0 Å². The molecule has 0 spiro atoms. The number of nitrogens with one attached hydrogen (secondary N) is 1. The van der Waals surface area contributed by atoms with Crippen LogP contribution in [0.2, 0.25) is 0 Å². The molecule has 1 atom stereocenters. The van der Waals surface area contributed by atoms with Crippen molar-refractivity contribution in [3.05, 3.63) is 53.2 Å². The van der Waals surface area contributed by atoms with Crippen molar-refractivity contribution in [2.75, 3.05) is 19.6 Å². The van der Waals surface area contributed by atoms with Crippen molar-refractivity contribution in [1.29, 1.82) is 0 Å². The molecule has 26 heavy (non-hydrogen) atoms. The summed E-state index contributed by atoms with van der Waals surface area (Å²) in [7, 11) is 0. The lowest BCUT2D eigenvalue weighted by atomic mass is 9.99. The van der Waals surface area contributed by atoms with Gasteiger partial charge in [-0.15, -0.1) is 24.0 Å². The molecule has 1 aromatic heterocycles. The molecule has 0 saturated carbocycles. The van der Waals surface area contributed by atoms with E-state index >= 15 is 0 Å². The van der Waals surface area contributed by atoms with Crippen molar-refractivity contribution in [3.63, 3.8) is 0 Å². The van der Waals surface area contributed by atoms with Gasteiger partial charge in [0.15, 0.2) is 5.96 Å². The molecule has 2 heterocycles. The Hall–Kier alpha value is -1.57. The van der Waals surface area contributed by atoms with Crippen molar-refractivity contribution < 1.29 is 4.42 Å².